The van der Waals surface area contributed by atoms with Crippen LogP contribution < -0.4 is 15.5 Å². The molecule has 30 heavy (non-hydrogen) atoms. The normalized spacial score (nSPS) is 16.5. The first kappa shape index (κ1) is 21.6. The van der Waals surface area contributed by atoms with Gasteiger partial charge in [0.1, 0.15) is 0 Å². The zero-order valence-corrected chi connectivity index (χ0v) is 18.2. The van der Waals surface area contributed by atoms with Crippen molar-refractivity contribution in [2.75, 3.05) is 16.8 Å². The molecular formula is C24H29N3O3. The number of rotatable bonds is 4. The van der Waals surface area contributed by atoms with Gasteiger partial charge in [-0.15, -0.1) is 0 Å². The van der Waals surface area contributed by atoms with Crippen LogP contribution in [0.2, 0.25) is 0 Å². The van der Waals surface area contributed by atoms with Crippen LogP contribution in [0.5, 0.6) is 0 Å². The summed E-state index contributed by atoms with van der Waals surface area (Å²) in [5.74, 6) is -1.06. The van der Waals surface area contributed by atoms with Crippen molar-refractivity contribution in [3.8, 4) is 0 Å². The van der Waals surface area contributed by atoms with E-state index in [1.807, 2.05) is 52.8 Å². The quantitative estimate of drug-likeness (QED) is 0.809. The third-order valence-corrected chi connectivity index (χ3v) is 5.22. The second-order valence-electron chi connectivity index (χ2n) is 8.91. The molecule has 1 heterocycles. The first-order valence-corrected chi connectivity index (χ1v) is 10.1. The lowest BCUT2D eigenvalue weighted by Crippen LogP contribution is -2.41. The molecule has 0 bridgehead atoms. The van der Waals surface area contributed by atoms with Crippen LogP contribution in [0.4, 0.5) is 11.4 Å². The van der Waals surface area contributed by atoms with Gasteiger partial charge in [-0.1, -0.05) is 18.2 Å². The van der Waals surface area contributed by atoms with Crippen LogP contribution in [0, 0.1) is 19.8 Å². The standard InChI is InChI=1S/C24H29N3O3/c1-15-10-11-18(12-16(15)2)27-14-17(13-21(27)28)22(29)25-20-9-7-6-8-19(20)23(30)26-24(3,4)5/h6-12,17H,13-14H2,1-5H3,(H,25,29)(H,26,30)/t17-/m0/s1. The Morgan fingerprint density at radius 1 is 1.03 bits per heavy atom. The van der Waals surface area contributed by atoms with Crippen LogP contribution >= 0.6 is 0 Å². The minimum atomic E-state index is -0.474. The zero-order chi connectivity index (χ0) is 22.1. The lowest BCUT2D eigenvalue weighted by atomic mass is 10.1. The van der Waals surface area contributed by atoms with Gasteiger partial charge in [0.05, 0.1) is 17.2 Å². The fourth-order valence-electron chi connectivity index (χ4n) is 3.46. The smallest absolute Gasteiger partial charge is 0.253 e. The van der Waals surface area contributed by atoms with Gasteiger partial charge in [0.15, 0.2) is 0 Å². The summed E-state index contributed by atoms with van der Waals surface area (Å²) in [7, 11) is 0. The van der Waals surface area contributed by atoms with Crippen molar-refractivity contribution < 1.29 is 14.4 Å². The molecule has 1 atom stereocenters. The highest BCUT2D eigenvalue weighted by molar-refractivity contribution is 6.07. The molecule has 0 saturated carbocycles. The van der Waals surface area contributed by atoms with Crippen molar-refractivity contribution in [3.63, 3.8) is 0 Å². The topological polar surface area (TPSA) is 78.5 Å². The molecular weight excluding hydrogens is 378 g/mol. The molecule has 0 aliphatic carbocycles. The number of hydrogen-bond donors (Lipinski definition) is 2. The third-order valence-electron chi connectivity index (χ3n) is 5.22. The van der Waals surface area contributed by atoms with Gasteiger partial charge < -0.3 is 15.5 Å². The van der Waals surface area contributed by atoms with E-state index in [0.717, 1.165) is 16.8 Å². The molecule has 2 N–H and O–H groups in total. The van der Waals surface area contributed by atoms with Crippen LogP contribution in [-0.2, 0) is 9.59 Å². The summed E-state index contributed by atoms with van der Waals surface area (Å²) in [6.45, 7) is 10.0. The van der Waals surface area contributed by atoms with Crippen molar-refractivity contribution in [2.45, 2.75) is 46.6 Å². The SMILES string of the molecule is Cc1ccc(N2C[C@@H](C(=O)Nc3ccccc3C(=O)NC(C)(C)C)CC2=O)cc1C. The van der Waals surface area contributed by atoms with Gasteiger partial charge in [0.2, 0.25) is 11.8 Å². The summed E-state index contributed by atoms with van der Waals surface area (Å²) >= 11 is 0. The van der Waals surface area contributed by atoms with E-state index >= 15 is 0 Å². The summed E-state index contributed by atoms with van der Waals surface area (Å²) in [5.41, 5.74) is 3.52. The molecule has 3 rings (SSSR count). The molecule has 0 unspecified atom stereocenters. The predicted molar refractivity (Wildman–Crippen MR) is 119 cm³/mol. The molecule has 1 saturated heterocycles. The van der Waals surface area contributed by atoms with Gasteiger partial charge >= 0.3 is 0 Å². The molecule has 2 aromatic carbocycles. The van der Waals surface area contributed by atoms with Crippen LogP contribution in [0.1, 0.15) is 48.7 Å². The molecule has 3 amide bonds. The first-order chi connectivity index (χ1) is 14.0. The van der Waals surface area contributed by atoms with E-state index in [9.17, 15) is 14.4 Å². The van der Waals surface area contributed by atoms with Gasteiger partial charge in [-0.25, -0.2) is 0 Å². The monoisotopic (exact) mass is 407 g/mol. The highest BCUT2D eigenvalue weighted by Crippen LogP contribution is 2.28. The molecule has 0 radical (unpaired) electrons. The molecule has 1 fully saturated rings. The number of carbonyl (C=O) groups is 3. The van der Waals surface area contributed by atoms with E-state index in [2.05, 4.69) is 10.6 Å². The summed E-state index contributed by atoms with van der Waals surface area (Å²) in [4.78, 5) is 39.7. The second-order valence-corrected chi connectivity index (χ2v) is 8.91. The highest BCUT2D eigenvalue weighted by Gasteiger charge is 2.35. The van der Waals surface area contributed by atoms with Crippen LogP contribution in [0.3, 0.4) is 0 Å². The predicted octanol–water partition coefficient (Wildman–Crippen LogP) is 3.82. The lowest BCUT2D eigenvalue weighted by Gasteiger charge is -2.22. The number of carbonyl (C=O) groups excluding carboxylic acids is 3. The van der Waals surface area contributed by atoms with E-state index in [-0.39, 0.29) is 24.1 Å². The number of benzene rings is 2. The molecule has 0 aromatic heterocycles. The number of nitrogens with zero attached hydrogens (tertiary/aromatic N) is 1. The van der Waals surface area contributed by atoms with E-state index in [0.29, 0.717) is 17.8 Å². The fourth-order valence-corrected chi connectivity index (χ4v) is 3.46. The van der Waals surface area contributed by atoms with Gasteiger partial charge in [-0.3, -0.25) is 14.4 Å². The van der Waals surface area contributed by atoms with Gasteiger partial charge in [0, 0.05) is 24.2 Å². The maximum atomic E-state index is 12.9. The van der Waals surface area contributed by atoms with Crippen molar-refractivity contribution in [2.24, 2.45) is 5.92 Å². The van der Waals surface area contributed by atoms with E-state index in [4.69, 9.17) is 0 Å². The second kappa shape index (κ2) is 8.30. The van der Waals surface area contributed by atoms with Crippen LogP contribution in [-0.4, -0.2) is 29.8 Å². The summed E-state index contributed by atoms with van der Waals surface area (Å²) in [6.07, 6.45) is 0.148. The molecule has 1 aliphatic heterocycles. The van der Waals surface area contributed by atoms with E-state index in [1.54, 1.807) is 29.2 Å². The van der Waals surface area contributed by atoms with Gasteiger partial charge in [-0.05, 0) is 70.0 Å². The van der Waals surface area contributed by atoms with Crippen molar-refractivity contribution >= 4 is 29.1 Å². The minimum Gasteiger partial charge on any atom is -0.347 e. The molecule has 158 valence electrons. The van der Waals surface area contributed by atoms with Gasteiger partial charge in [0.25, 0.3) is 5.91 Å². The molecule has 1 aliphatic rings. The summed E-state index contributed by atoms with van der Waals surface area (Å²) in [6, 6.07) is 12.8. The highest BCUT2D eigenvalue weighted by atomic mass is 16.2. The molecule has 0 spiro atoms. The van der Waals surface area contributed by atoms with Crippen molar-refractivity contribution in [3.05, 3.63) is 59.2 Å². The average molecular weight is 408 g/mol. The molecule has 6 nitrogen and oxygen atoms in total. The lowest BCUT2D eigenvalue weighted by molar-refractivity contribution is -0.122. The maximum Gasteiger partial charge on any atom is 0.253 e. The molecule has 6 heteroatoms. The Morgan fingerprint density at radius 3 is 2.40 bits per heavy atom. The minimum absolute atomic E-state index is 0.0721. The number of nitrogens with one attached hydrogen (secondary N) is 2. The third kappa shape index (κ3) is 4.87. The van der Waals surface area contributed by atoms with E-state index < -0.39 is 11.5 Å². The Morgan fingerprint density at radius 2 is 1.73 bits per heavy atom. The van der Waals surface area contributed by atoms with Crippen molar-refractivity contribution in [1.29, 1.82) is 0 Å². The van der Waals surface area contributed by atoms with E-state index in [1.165, 1.54) is 0 Å². The largest absolute Gasteiger partial charge is 0.347 e. The van der Waals surface area contributed by atoms with Crippen LogP contribution in [0.15, 0.2) is 42.5 Å². The Balaban J connectivity index is 1.74. The number of para-hydroxylation sites is 1. The van der Waals surface area contributed by atoms with Crippen molar-refractivity contribution in [1.82, 2.24) is 5.32 Å². The number of hydrogen-bond acceptors (Lipinski definition) is 3. The first-order valence-electron chi connectivity index (χ1n) is 10.1. The molecule has 2 aromatic rings. The number of anilines is 2. The average Bonchev–Trinajstić information content (AvgIpc) is 3.05. The Labute approximate surface area is 177 Å². The fraction of sp³-hybridized carbons (Fsp3) is 0.375. The van der Waals surface area contributed by atoms with Gasteiger partial charge in [-0.2, -0.15) is 0 Å². The summed E-state index contributed by atoms with van der Waals surface area (Å²) < 4.78 is 0. The Hall–Kier alpha value is -3.15. The maximum absolute atomic E-state index is 12.9. The Kier molecular flexibility index (Phi) is 5.97. The Bertz CT molecular complexity index is 991. The number of aryl methyl sites for hydroxylation is 2. The number of amides is 3. The van der Waals surface area contributed by atoms with Crippen LogP contribution in [0.25, 0.3) is 0 Å². The zero-order valence-electron chi connectivity index (χ0n) is 18.2. The summed E-state index contributed by atoms with van der Waals surface area (Å²) in [5, 5.41) is 5.76.